The third kappa shape index (κ3) is 5.61. The van der Waals surface area contributed by atoms with Crippen LogP contribution >= 0.6 is 11.6 Å². The Bertz CT molecular complexity index is 1460. The van der Waals surface area contributed by atoms with Gasteiger partial charge in [-0.25, -0.2) is 27.2 Å². The molecule has 3 aromatic rings. The second-order valence-electron chi connectivity index (χ2n) is 8.47. The smallest absolute Gasteiger partial charge is 0.351 e. The zero-order valence-electron chi connectivity index (χ0n) is 19.5. The summed E-state index contributed by atoms with van der Waals surface area (Å²) in [5.41, 5.74) is -0.00237. The van der Waals surface area contributed by atoms with Gasteiger partial charge >= 0.3 is 6.18 Å². The van der Waals surface area contributed by atoms with Crippen LogP contribution in [0.4, 0.5) is 22.0 Å². The number of benzene rings is 1. The molecule has 38 heavy (non-hydrogen) atoms. The molecule has 4 rings (SSSR count). The van der Waals surface area contributed by atoms with Gasteiger partial charge in [0.25, 0.3) is 0 Å². The van der Waals surface area contributed by atoms with Crippen molar-refractivity contribution in [2.75, 3.05) is 0 Å². The SMILES string of the molecule is C[C@H]1[C@H](F)C[C@@H](C(=O)NCc2cc(-c3cnc(C(F)(F)F)nc3)ncc2F)N1S(=O)(=O)c1cccc(Cl)c1. The van der Waals surface area contributed by atoms with Crippen LogP contribution in [0.5, 0.6) is 0 Å². The second-order valence-corrected chi connectivity index (χ2v) is 10.8. The minimum Gasteiger partial charge on any atom is -0.351 e. The highest BCUT2D eigenvalue weighted by molar-refractivity contribution is 7.89. The Morgan fingerprint density at radius 1 is 1.16 bits per heavy atom. The fourth-order valence-electron chi connectivity index (χ4n) is 4.00. The van der Waals surface area contributed by atoms with Gasteiger partial charge in [-0.2, -0.15) is 17.5 Å². The van der Waals surface area contributed by atoms with E-state index in [0.717, 1.165) is 22.9 Å². The summed E-state index contributed by atoms with van der Waals surface area (Å²) in [5.74, 6) is -3.06. The number of halogens is 6. The van der Waals surface area contributed by atoms with Crippen molar-refractivity contribution in [1.29, 1.82) is 0 Å². The van der Waals surface area contributed by atoms with Crippen molar-refractivity contribution in [1.82, 2.24) is 24.6 Å². The maximum atomic E-state index is 14.6. The molecule has 1 amide bonds. The van der Waals surface area contributed by atoms with Crippen molar-refractivity contribution >= 4 is 27.5 Å². The quantitative estimate of drug-likeness (QED) is 0.443. The Balaban J connectivity index is 1.54. The molecule has 202 valence electrons. The van der Waals surface area contributed by atoms with Gasteiger partial charge in [-0.1, -0.05) is 17.7 Å². The molecule has 1 aliphatic rings. The van der Waals surface area contributed by atoms with E-state index in [1.807, 2.05) is 0 Å². The molecule has 1 fully saturated rings. The average molecular weight is 576 g/mol. The molecule has 2 aromatic heterocycles. The van der Waals surface area contributed by atoms with E-state index in [0.29, 0.717) is 0 Å². The number of sulfonamides is 1. The molecule has 3 heterocycles. The molecule has 8 nitrogen and oxygen atoms in total. The molecule has 0 aliphatic carbocycles. The van der Waals surface area contributed by atoms with Gasteiger partial charge in [-0.15, -0.1) is 0 Å². The fourth-order valence-corrected chi connectivity index (χ4v) is 6.11. The standard InChI is InChI=1S/C23H19ClF5N5O3S/c1-12-17(25)7-20(34(12)38(36,37)16-4-2-3-15(24)6-16)21(35)31-8-13-5-19(30-11-18(13)26)14-9-32-22(33-10-14)23(27,28)29/h2-6,9-12,17,20H,7-8H2,1H3,(H,31,35)/t12-,17+,20-/m0/s1. The number of hydrogen-bond acceptors (Lipinski definition) is 6. The van der Waals surface area contributed by atoms with Crippen molar-refractivity contribution in [3.63, 3.8) is 0 Å². The third-order valence-corrected chi connectivity index (χ3v) is 8.17. The van der Waals surface area contributed by atoms with Crippen LogP contribution in [0.2, 0.25) is 5.02 Å². The number of nitrogens with one attached hydrogen (secondary N) is 1. The molecular formula is C23H19ClF5N5O3S. The Morgan fingerprint density at radius 3 is 2.47 bits per heavy atom. The zero-order valence-corrected chi connectivity index (χ0v) is 21.0. The van der Waals surface area contributed by atoms with Crippen LogP contribution < -0.4 is 5.32 Å². The third-order valence-electron chi connectivity index (χ3n) is 5.94. The van der Waals surface area contributed by atoms with Gasteiger partial charge in [0.2, 0.25) is 21.8 Å². The number of aromatic nitrogens is 3. The van der Waals surface area contributed by atoms with Crippen LogP contribution in [0.3, 0.4) is 0 Å². The van der Waals surface area contributed by atoms with Crippen LogP contribution in [0, 0.1) is 5.82 Å². The Morgan fingerprint density at radius 2 is 1.84 bits per heavy atom. The monoisotopic (exact) mass is 575 g/mol. The summed E-state index contributed by atoms with van der Waals surface area (Å²) in [6.07, 6.45) is -4.24. The lowest BCUT2D eigenvalue weighted by molar-refractivity contribution is -0.145. The van der Waals surface area contributed by atoms with Gasteiger partial charge in [0.15, 0.2) is 0 Å². The lowest BCUT2D eigenvalue weighted by atomic mass is 10.1. The summed E-state index contributed by atoms with van der Waals surface area (Å²) < 4.78 is 94.4. The van der Waals surface area contributed by atoms with E-state index in [-0.39, 0.29) is 26.7 Å². The van der Waals surface area contributed by atoms with Crippen LogP contribution in [-0.4, -0.2) is 51.8 Å². The summed E-state index contributed by atoms with van der Waals surface area (Å²) in [5, 5.41) is 2.55. The predicted octanol–water partition coefficient (Wildman–Crippen LogP) is 4.16. The topological polar surface area (TPSA) is 105 Å². The Hall–Kier alpha value is -3.23. The number of alkyl halides is 4. The van der Waals surface area contributed by atoms with Gasteiger partial charge in [-0.05, 0) is 31.2 Å². The molecule has 0 bridgehead atoms. The largest absolute Gasteiger partial charge is 0.451 e. The second kappa shape index (κ2) is 10.5. The highest BCUT2D eigenvalue weighted by Crippen LogP contribution is 2.34. The maximum Gasteiger partial charge on any atom is 0.451 e. The van der Waals surface area contributed by atoms with E-state index in [9.17, 15) is 35.2 Å². The molecule has 3 atom stereocenters. The number of amides is 1. The first-order valence-corrected chi connectivity index (χ1v) is 12.9. The normalized spacial score (nSPS) is 20.4. The fraction of sp³-hybridized carbons (Fsp3) is 0.304. The van der Waals surface area contributed by atoms with Gasteiger partial charge < -0.3 is 5.32 Å². The number of carbonyl (C=O) groups excluding carboxylic acids is 1. The van der Waals surface area contributed by atoms with E-state index in [1.54, 1.807) is 0 Å². The van der Waals surface area contributed by atoms with Gasteiger partial charge in [0, 0.05) is 41.5 Å². The molecule has 0 unspecified atom stereocenters. The Kier molecular flexibility index (Phi) is 7.68. The molecule has 1 aromatic carbocycles. The highest BCUT2D eigenvalue weighted by Gasteiger charge is 2.49. The van der Waals surface area contributed by atoms with Crippen molar-refractivity contribution < 1.29 is 35.2 Å². The van der Waals surface area contributed by atoms with Crippen LogP contribution in [0.25, 0.3) is 11.3 Å². The molecule has 1 saturated heterocycles. The van der Waals surface area contributed by atoms with Crippen LogP contribution in [0.15, 0.2) is 53.8 Å². The predicted molar refractivity (Wildman–Crippen MR) is 125 cm³/mol. The summed E-state index contributed by atoms with van der Waals surface area (Å²) in [6, 6.07) is 3.93. The first kappa shape index (κ1) is 27.8. The lowest BCUT2D eigenvalue weighted by Gasteiger charge is -2.27. The zero-order chi connectivity index (χ0) is 27.8. The number of hydrogen-bond donors (Lipinski definition) is 1. The molecule has 1 N–H and O–H groups in total. The number of nitrogens with zero attached hydrogens (tertiary/aromatic N) is 4. The van der Waals surface area contributed by atoms with Crippen molar-refractivity contribution in [3.8, 4) is 11.3 Å². The minimum atomic E-state index is -4.74. The highest BCUT2D eigenvalue weighted by atomic mass is 35.5. The van der Waals surface area contributed by atoms with Gasteiger partial charge in [0.05, 0.1) is 22.8 Å². The molecule has 0 spiro atoms. The van der Waals surface area contributed by atoms with E-state index >= 15 is 0 Å². The minimum absolute atomic E-state index is 0.0350. The maximum absolute atomic E-state index is 14.6. The van der Waals surface area contributed by atoms with E-state index in [2.05, 4.69) is 20.3 Å². The first-order valence-electron chi connectivity index (χ1n) is 11.0. The molecule has 1 aliphatic heterocycles. The molecule has 0 radical (unpaired) electrons. The van der Waals surface area contributed by atoms with Crippen LogP contribution in [0.1, 0.15) is 24.7 Å². The lowest BCUT2D eigenvalue weighted by Crippen LogP contribution is -2.48. The van der Waals surface area contributed by atoms with Crippen molar-refractivity contribution in [2.45, 2.75) is 49.2 Å². The molecule has 15 heteroatoms. The van der Waals surface area contributed by atoms with Gasteiger partial charge in [-0.3, -0.25) is 9.78 Å². The summed E-state index contributed by atoms with van der Waals surface area (Å²) in [7, 11) is -4.32. The first-order chi connectivity index (χ1) is 17.8. The van der Waals surface area contributed by atoms with Gasteiger partial charge in [0.1, 0.15) is 18.0 Å². The summed E-state index contributed by atoms with van der Waals surface area (Å²) in [4.78, 5) is 23.1. The molecular weight excluding hydrogens is 557 g/mol. The Labute approximate surface area is 218 Å². The van der Waals surface area contributed by atoms with E-state index < -0.39 is 65.0 Å². The average Bonchev–Trinajstić information content (AvgIpc) is 3.17. The molecule has 0 saturated carbocycles. The van der Waals surface area contributed by atoms with E-state index in [1.165, 1.54) is 37.3 Å². The summed E-state index contributed by atoms with van der Waals surface area (Å²) >= 11 is 5.90. The van der Waals surface area contributed by atoms with Crippen molar-refractivity contribution in [2.24, 2.45) is 0 Å². The van der Waals surface area contributed by atoms with E-state index in [4.69, 9.17) is 11.6 Å². The number of pyridine rings is 1. The number of rotatable bonds is 6. The van der Waals surface area contributed by atoms with Crippen LogP contribution in [-0.2, 0) is 27.5 Å². The number of carbonyl (C=O) groups is 1. The van der Waals surface area contributed by atoms with Crippen molar-refractivity contribution in [3.05, 3.63) is 71.2 Å². The summed E-state index contributed by atoms with van der Waals surface area (Å²) in [6.45, 7) is 0.898.